The van der Waals surface area contributed by atoms with Gasteiger partial charge in [0.15, 0.2) is 5.58 Å². The number of benzene rings is 7. The number of fused-ring (bicyclic) bond motifs is 7. The Bertz CT molecular complexity index is 2610. The summed E-state index contributed by atoms with van der Waals surface area (Å²) in [6, 6.07) is 63.3. The SMILES string of the molecule is c1ccc(C2(c3ccccc3)c3ccccc3-c3ccc(-c4ccc(-c5c6ccccc6nc6c5oc5ccccc56)cc4)cc32)cc1. The van der Waals surface area contributed by atoms with Crippen molar-refractivity contribution in [2.24, 2.45) is 0 Å². The topological polar surface area (TPSA) is 26.0 Å². The summed E-state index contributed by atoms with van der Waals surface area (Å²) < 4.78 is 6.49. The van der Waals surface area contributed by atoms with E-state index in [4.69, 9.17) is 9.40 Å². The van der Waals surface area contributed by atoms with Crippen molar-refractivity contribution < 1.29 is 4.42 Å². The van der Waals surface area contributed by atoms with E-state index in [1.807, 2.05) is 24.3 Å². The van der Waals surface area contributed by atoms with Gasteiger partial charge in [0.25, 0.3) is 0 Å². The van der Waals surface area contributed by atoms with Crippen LogP contribution in [0.2, 0.25) is 0 Å². The summed E-state index contributed by atoms with van der Waals surface area (Å²) in [5.41, 5.74) is 15.4. The Balaban J connectivity index is 1.16. The molecule has 1 aliphatic rings. The van der Waals surface area contributed by atoms with Crippen LogP contribution >= 0.6 is 0 Å². The molecule has 0 aliphatic heterocycles. The lowest BCUT2D eigenvalue weighted by atomic mass is 9.67. The number of rotatable bonds is 4. The van der Waals surface area contributed by atoms with E-state index in [1.165, 1.54) is 44.5 Å². The van der Waals surface area contributed by atoms with Gasteiger partial charge in [-0.1, -0.05) is 152 Å². The predicted octanol–water partition coefficient (Wildman–Crippen LogP) is 11.8. The Morgan fingerprint density at radius 1 is 0.438 bits per heavy atom. The highest BCUT2D eigenvalue weighted by atomic mass is 16.3. The fourth-order valence-corrected chi connectivity index (χ4v) is 8.08. The molecule has 2 heteroatoms. The van der Waals surface area contributed by atoms with Gasteiger partial charge >= 0.3 is 0 Å². The number of para-hydroxylation sites is 2. The average molecular weight is 612 g/mol. The molecule has 0 unspecified atom stereocenters. The Hall–Kier alpha value is -6.25. The normalized spacial score (nSPS) is 13.2. The number of hydrogen-bond acceptors (Lipinski definition) is 2. The molecule has 224 valence electrons. The molecule has 7 aromatic carbocycles. The second kappa shape index (κ2) is 10.4. The first kappa shape index (κ1) is 26.9. The zero-order chi connectivity index (χ0) is 31.7. The third kappa shape index (κ3) is 3.77. The molecule has 0 N–H and O–H groups in total. The quantitative estimate of drug-likeness (QED) is 0.198. The highest BCUT2D eigenvalue weighted by molar-refractivity contribution is 6.15. The molecule has 0 radical (unpaired) electrons. The van der Waals surface area contributed by atoms with Gasteiger partial charge in [0.1, 0.15) is 11.1 Å². The lowest BCUT2D eigenvalue weighted by molar-refractivity contribution is 0.670. The van der Waals surface area contributed by atoms with Gasteiger partial charge in [-0.05, 0) is 74.3 Å². The van der Waals surface area contributed by atoms with Gasteiger partial charge in [-0.3, -0.25) is 0 Å². The maximum absolute atomic E-state index is 6.49. The monoisotopic (exact) mass is 611 g/mol. The van der Waals surface area contributed by atoms with E-state index in [0.717, 1.165) is 44.1 Å². The predicted molar refractivity (Wildman–Crippen MR) is 197 cm³/mol. The molecule has 0 saturated carbocycles. The summed E-state index contributed by atoms with van der Waals surface area (Å²) in [5.74, 6) is 0. The van der Waals surface area contributed by atoms with Crippen LogP contribution in [0.4, 0.5) is 0 Å². The van der Waals surface area contributed by atoms with Crippen LogP contribution in [-0.4, -0.2) is 4.98 Å². The first-order valence-corrected chi connectivity index (χ1v) is 16.5. The molecular formula is C46H29NO. The lowest BCUT2D eigenvalue weighted by Crippen LogP contribution is -2.28. The van der Waals surface area contributed by atoms with Crippen LogP contribution < -0.4 is 0 Å². The molecule has 2 aromatic heterocycles. The third-order valence-electron chi connectivity index (χ3n) is 10.2. The van der Waals surface area contributed by atoms with Crippen molar-refractivity contribution in [3.05, 3.63) is 198 Å². The van der Waals surface area contributed by atoms with E-state index in [9.17, 15) is 0 Å². The van der Waals surface area contributed by atoms with Gasteiger partial charge in [0, 0.05) is 16.3 Å². The lowest BCUT2D eigenvalue weighted by Gasteiger charge is -2.34. The Morgan fingerprint density at radius 2 is 1.02 bits per heavy atom. The van der Waals surface area contributed by atoms with Crippen LogP contribution in [0.25, 0.3) is 66.4 Å². The molecule has 0 bridgehead atoms. The zero-order valence-electron chi connectivity index (χ0n) is 26.1. The minimum atomic E-state index is -0.423. The van der Waals surface area contributed by atoms with Crippen LogP contribution in [0.3, 0.4) is 0 Å². The molecule has 0 spiro atoms. The van der Waals surface area contributed by atoms with E-state index in [2.05, 4.69) is 152 Å². The fraction of sp³-hybridized carbons (Fsp3) is 0.0217. The standard InChI is InChI=1S/C46H29NO/c1-3-13-33(14-4-1)46(34-15-5-2-6-16-34)39-20-10-7-17-35(39)36-28-27-32(29-40(36)46)30-23-25-31(26-24-30)43-37-18-8-11-21-41(37)47-44-38-19-9-12-22-42(38)48-45(43)44/h1-29H. The van der Waals surface area contributed by atoms with Crippen molar-refractivity contribution in [3.63, 3.8) is 0 Å². The largest absolute Gasteiger partial charge is 0.454 e. The summed E-state index contributed by atoms with van der Waals surface area (Å²) in [6.07, 6.45) is 0. The number of hydrogen-bond donors (Lipinski definition) is 0. The number of aromatic nitrogens is 1. The van der Waals surface area contributed by atoms with Gasteiger partial charge < -0.3 is 4.42 Å². The van der Waals surface area contributed by atoms with Crippen LogP contribution in [0.15, 0.2) is 180 Å². The Labute approximate surface area is 278 Å². The highest BCUT2D eigenvalue weighted by Crippen LogP contribution is 2.56. The van der Waals surface area contributed by atoms with E-state index in [1.54, 1.807) is 0 Å². The molecule has 0 saturated heterocycles. The summed E-state index contributed by atoms with van der Waals surface area (Å²) in [6.45, 7) is 0. The zero-order valence-corrected chi connectivity index (χ0v) is 26.1. The minimum Gasteiger partial charge on any atom is -0.454 e. The molecule has 1 aliphatic carbocycles. The molecule has 0 amide bonds. The Kier molecular flexibility index (Phi) is 5.82. The molecule has 10 rings (SSSR count). The third-order valence-corrected chi connectivity index (χ3v) is 10.2. The van der Waals surface area contributed by atoms with Crippen molar-refractivity contribution in [3.8, 4) is 33.4 Å². The molecule has 9 aromatic rings. The molecular weight excluding hydrogens is 583 g/mol. The van der Waals surface area contributed by atoms with Crippen LogP contribution in [0, 0.1) is 0 Å². The van der Waals surface area contributed by atoms with Crippen LogP contribution in [-0.2, 0) is 5.41 Å². The van der Waals surface area contributed by atoms with E-state index in [-0.39, 0.29) is 0 Å². The second-order valence-electron chi connectivity index (χ2n) is 12.6. The molecule has 2 heterocycles. The number of furan rings is 1. The van der Waals surface area contributed by atoms with E-state index < -0.39 is 5.41 Å². The fourth-order valence-electron chi connectivity index (χ4n) is 8.08. The van der Waals surface area contributed by atoms with Gasteiger partial charge in [0.05, 0.1) is 10.9 Å². The van der Waals surface area contributed by atoms with Crippen molar-refractivity contribution in [2.45, 2.75) is 5.41 Å². The first-order chi connectivity index (χ1) is 23.8. The summed E-state index contributed by atoms with van der Waals surface area (Å²) in [7, 11) is 0. The molecule has 0 fully saturated rings. The highest BCUT2D eigenvalue weighted by Gasteiger charge is 2.46. The van der Waals surface area contributed by atoms with Gasteiger partial charge in [0.2, 0.25) is 0 Å². The molecule has 2 nitrogen and oxygen atoms in total. The van der Waals surface area contributed by atoms with E-state index >= 15 is 0 Å². The van der Waals surface area contributed by atoms with Gasteiger partial charge in [-0.15, -0.1) is 0 Å². The Morgan fingerprint density at radius 3 is 1.79 bits per heavy atom. The van der Waals surface area contributed by atoms with Crippen molar-refractivity contribution in [1.29, 1.82) is 0 Å². The number of nitrogens with zero attached hydrogens (tertiary/aromatic N) is 1. The first-order valence-electron chi connectivity index (χ1n) is 16.5. The minimum absolute atomic E-state index is 0.423. The average Bonchev–Trinajstić information content (AvgIpc) is 3.68. The van der Waals surface area contributed by atoms with Gasteiger partial charge in [-0.2, -0.15) is 0 Å². The smallest absolute Gasteiger partial charge is 0.162 e. The molecule has 48 heavy (non-hydrogen) atoms. The summed E-state index contributed by atoms with van der Waals surface area (Å²) in [4.78, 5) is 5.04. The van der Waals surface area contributed by atoms with Crippen molar-refractivity contribution >= 4 is 33.0 Å². The van der Waals surface area contributed by atoms with Crippen LogP contribution in [0.1, 0.15) is 22.3 Å². The van der Waals surface area contributed by atoms with Gasteiger partial charge in [-0.25, -0.2) is 4.98 Å². The maximum Gasteiger partial charge on any atom is 0.162 e. The second-order valence-corrected chi connectivity index (χ2v) is 12.6. The van der Waals surface area contributed by atoms with Crippen molar-refractivity contribution in [1.82, 2.24) is 4.98 Å². The van der Waals surface area contributed by atoms with Crippen molar-refractivity contribution in [2.75, 3.05) is 0 Å². The maximum atomic E-state index is 6.49. The number of pyridine rings is 1. The summed E-state index contributed by atoms with van der Waals surface area (Å²) in [5, 5.41) is 2.12. The van der Waals surface area contributed by atoms with Crippen LogP contribution in [0.5, 0.6) is 0 Å². The van der Waals surface area contributed by atoms with E-state index in [0.29, 0.717) is 0 Å². The molecule has 0 atom stereocenters. The summed E-state index contributed by atoms with van der Waals surface area (Å²) >= 11 is 0.